The number of ether oxygens (including phenoxy) is 2. The zero-order valence-corrected chi connectivity index (χ0v) is 12.8. The Bertz CT molecular complexity index is 309. The Labute approximate surface area is 130 Å². The summed E-state index contributed by atoms with van der Waals surface area (Å²) in [5, 5.41) is 22.5. The average Bonchev–Trinajstić information content (AvgIpc) is 2.54. The van der Waals surface area contributed by atoms with Crippen LogP contribution in [0.15, 0.2) is 0 Å². The van der Waals surface area contributed by atoms with Gasteiger partial charge in [-0.05, 0) is 31.1 Å². The van der Waals surface area contributed by atoms with Gasteiger partial charge in [0.2, 0.25) is 0 Å². The van der Waals surface area contributed by atoms with Crippen LogP contribution in [0.25, 0.3) is 0 Å². The van der Waals surface area contributed by atoms with Crippen molar-refractivity contribution in [2.75, 3.05) is 39.5 Å². The number of amides is 2. The van der Waals surface area contributed by atoms with Crippen molar-refractivity contribution in [3.63, 3.8) is 0 Å². The summed E-state index contributed by atoms with van der Waals surface area (Å²) in [4.78, 5) is 22.6. The Balaban J connectivity index is 2.18. The van der Waals surface area contributed by atoms with Crippen LogP contribution in [0, 0.1) is 11.8 Å². The van der Waals surface area contributed by atoms with Crippen molar-refractivity contribution in [3.8, 4) is 0 Å². The zero-order chi connectivity index (χ0) is 16.2. The lowest BCUT2D eigenvalue weighted by atomic mass is 9.81. The largest absolute Gasteiger partial charge is 0.447 e. The van der Waals surface area contributed by atoms with Gasteiger partial charge in [-0.3, -0.25) is 0 Å². The molecule has 1 aliphatic rings. The third-order valence-electron chi connectivity index (χ3n) is 3.61. The van der Waals surface area contributed by atoms with Crippen LogP contribution in [0.2, 0.25) is 0 Å². The molecule has 4 N–H and O–H groups in total. The Hall–Kier alpha value is -1.54. The highest BCUT2D eigenvalue weighted by Crippen LogP contribution is 2.28. The maximum atomic E-state index is 11.3. The third kappa shape index (κ3) is 8.04. The summed E-state index contributed by atoms with van der Waals surface area (Å²) < 4.78 is 9.46. The van der Waals surface area contributed by atoms with E-state index in [4.69, 9.17) is 19.7 Å². The van der Waals surface area contributed by atoms with E-state index >= 15 is 0 Å². The van der Waals surface area contributed by atoms with E-state index in [0.29, 0.717) is 24.9 Å². The zero-order valence-electron chi connectivity index (χ0n) is 12.8. The lowest BCUT2D eigenvalue weighted by Gasteiger charge is -2.29. The van der Waals surface area contributed by atoms with Crippen LogP contribution in [-0.4, -0.2) is 61.9 Å². The van der Waals surface area contributed by atoms with Gasteiger partial charge in [0, 0.05) is 13.1 Å². The molecule has 1 fully saturated rings. The van der Waals surface area contributed by atoms with Crippen molar-refractivity contribution in [2.45, 2.75) is 25.7 Å². The maximum Gasteiger partial charge on any atom is 0.407 e. The molecule has 2 unspecified atom stereocenters. The normalized spacial score (nSPS) is 21.0. The van der Waals surface area contributed by atoms with Gasteiger partial charge in [0.05, 0.1) is 13.2 Å². The fourth-order valence-corrected chi connectivity index (χ4v) is 2.61. The summed E-state index contributed by atoms with van der Waals surface area (Å²) in [7, 11) is 0. The van der Waals surface area contributed by atoms with E-state index in [-0.39, 0.29) is 26.4 Å². The summed E-state index contributed by atoms with van der Waals surface area (Å²) in [6.45, 7) is 0.706. The minimum absolute atomic E-state index is 0.000995. The van der Waals surface area contributed by atoms with Crippen LogP contribution in [0.4, 0.5) is 9.59 Å². The molecule has 0 aromatic rings. The van der Waals surface area contributed by atoms with Gasteiger partial charge in [0.1, 0.15) is 13.2 Å². The molecule has 0 aromatic carbocycles. The highest BCUT2D eigenvalue weighted by atomic mass is 16.6. The SMILES string of the molecule is O=C(NCC1CCCC(CNC(=O)OCCO)C1)OCCO. The molecule has 128 valence electrons. The van der Waals surface area contributed by atoms with Gasteiger partial charge < -0.3 is 30.3 Å². The van der Waals surface area contributed by atoms with Crippen LogP contribution in [0.3, 0.4) is 0 Å². The van der Waals surface area contributed by atoms with E-state index in [1.54, 1.807) is 0 Å². The van der Waals surface area contributed by atoms with E-state index < -0.39 is 12.2 Å². The van der Waals surface area contributed by atoms with Crippen molar-refractivity contribution in [1.82, 2.24) is 10.6 Å². The minimum atomic E-state index is -0.512. The smallest absolute Gasteiger partial charge is 0.407 e. The van der Waals surface area contributed by atoms with Crippen LogP contribution < -0.4 is 10.6 Å². The first-order valence-corrected chi connectivity index (χ1v) is 7.68. The predicted octanol–water partition coefficient (Wildman–Crippen LogP) is 0.230. The van der Waals surface area contributed by atoms with Gasteiger partial charge in [-0.15, -0.1) is 0 Å². The van der Waals surface area contributed by atoms with Gasteiger partial charge >= 0.3 is 12.2 Å². The van der Waals surface area contributed by atoms with Crippen LogP contribution in [0.5, 0.6) is 0 Å². The molecule has 1 rings (SSSR count). The topological polar surface area (TPSA) is 117 Å². The van der Waals surface area contributed by atoms with E-state index in [1.807, 2.05) is 0 Å². The fraction of sp³-hybridized carbons (Fsp3) is 0.857. The van der Waals surface area contributed by atoms with Crippen molar-refractivity contribution >= 4 is 12.2 Å². The molecule has 0 aromatic heterocycles. The Morgan fingerprint density at radius 1 is 0.909 bits per heavy atom. The number of alkyl carbamates (subject to hydrolysis) is 2. The molecule has 0 spiro atoms. The second-order valence-corrected chi connectivity index (χ2v) is 5.38. The Morgan fingerprint density at radius 2 is 1.36 bits per heavy atom. The molecular formula is C14H26N2O6. The summed E-state index contributed by atoms with van der Waals surface area (Å²) >= 11 is 0. The Morgan fingerprint density at radius 3 is 1.77 bits per heavy atom. The standard InChI is InChI=1S/C14H26N2O6/c17-4-6-21-13(19)15-9-11-2-1-3-12(8-11)10-16-14(20)22-7-5-18/h11-12,17-18H,1-10H2,(H,15,19)(H,16,20). The van der Waals surface area contributed by atoms with Crippen LogP contribution in [0.1, 0.15) is 25.7 Å². The first-order chi connectivity index (χ1) is 10.7. The van der Waals surface area contributed by atoms with Crippen molar-refractivity contribution in [2.24, 2.45) is 11.8 Å². The molecule has 2 amide bonds. The first kappa shape index (κ1) is 18.5. The number of hydrogen-bond donors (Lipinski definition) is 4. The summed E-state index contributed by atoms with van der Waals surface area (Å²) in [6, 6.07) is 0. The van der Waals surface area contributed by atoms with Gasteiger partial charge in [-0.2, -0.15) is 0 Å². The van der Waals surface area contributed by atoms with E-state index in [2.05, 4.69) is 10.6 Å². The fourth-order valence-electron chi connectivity index (χ4n) is 2.61. The molecular weight excluding hydrogens is 292 g/mol. The summed E-state index contributed by atoms with van der Waals surface area (Å²) in [6.07, 6.45) is 3.01. The van der Waals surface area contributed by atoms with Gasteiger partial charge in [-0.1, -0.05) is 6.42 Å². The van der Waals surface area contributed by atoms with Crippen molar-refractivity contribution in [1.29, 1.82) is 0 Å². The number of aliphatic hydroxyl groups is 2. The molecule has 8 nitrogen and oxygen atoms in total. The highest BCUT2D eigenvalue weighted by molar-refractivity contribution is 5.67. The van der Waals surface area contributed by atoms with E-state index in [1.165, 1.54) is 0 Å². The predicted molar refractivity (Wildman–Crippen MR) is 78.3 cm³/mol. The molecule has 0 bridgehead atoms. The van der Waals surface area contributed by atoms with E-state index in [0.717, 1.165) is 25.7 Å². The van der Waals surface area contributed by atoms with Crippen LogP contribution in [-0.2, 0) is 9.47 Å². The molecule has 0 aliphatic heterocycles. The maximum absolute atomic E-state index is 11.3. The molecule has 1 aliphatic carbocycles. The average molecular weight is 318 g/mol. The molecule has 2 atom stereocenters. The second-order valence-electron chi connectivity index (χ2n) is 5.38. The molecule has 8 heteroatoms. The monoisotopic (exact) mass is 318 g/mol. The molecule has 1 saturated carbocycles. The number of aliphatic hydroxyl groups excluding tert-OH is 2. The van der Waals surface area contributed by atoms with E-state index in [9.17, 15) is 9.59 Å². The molecule has 0 saturated heterocycles. The van der Waals surface area contributed by atoms with Crippen LogP contribution >= 0.6 is 0 Å². The lowest BCUT2D eigenvalue weighted by Crippen LogP contribution is -2.36. The summed E-state index contributed by atoms with van der Waals surface area (Å²) in [5.41, 5.74) is 0. The Kier molecular flexibility index (Phi) is 9.33. The number of carbonyl (C=O) groups excluding carboxylic acids is 2. The minimum Gasteiger partial charge on any atom is -0.447 e. The van der Waals surface area contributed by atoms with Gasteiger partial charge in [-0.25, -0.2) is 9.59 Å². The molecule has 0 heterocycles. The van der Waals surface area contributed by atoms with Gasteiger partial charge in [0.15, 0.2) is 0 Å². The first-order valence-electron chi connectivity index (χ1n) is 7.68. The number of carbonyl (C=O) groups is 2. The van der Waals surface area contributed by atoms with Crippen molar-refractivity contribution < 1.29 is 29.3 Å². The third-order valence-corrected chi connectivity index (χ3v) is 3.61. The quantitative estimate of drug-likeness (QED) is 0.509. The van der Waals surface area contributed by atoms with Gasteiger partial charge in [0.25, 0.3) is 0 Å². The summed E-state index contributed by atoms with van der Waals surface area (Å²) in [5.74, 6) is 0.714. The van der Waals surface area contributed by atoms with Crippen molar-refractivity contribution in [3.05, 3.63) is 0 Å². The highest BCUT2D eigenvalue weighted by Gasteiger charge is 2.23. The molecule has 22 heavy (non-hydrogen) atoms. The number of nitrogens with one attached hydrogen (secondary N) is 2. The molecule has 0 radical (unpaired) electrons. The number of rotatable bonds is 8. The lowest BCUT2D eigenvalue weighted by molar-refractivity contribution is 0.114. The second kappa shape index (κ2) is 11.1. The number of hydrogen-bond acceptors (Lipinski definition) is 6.